The summed E-state index contributed by atoms with van der Waals surface area (Å²) in [4.78, 5) is 14.7. The van der Waals surface area contributed by atoms with Crippen LogP contribution in [-0.2, 0) is 7.05 Å². The van der Waals surface area contributed by atoms with Gasteiger partial charge in [-0.3, -0.25) is 10.00 Å². The number of aromatic nitrogens is 6. The largest absolute Gasteiger partial charge is 0.461 e. The highest BCUT2D eigenvalue weighted by atomic mass is 16.3. The van der Waals surface area contributed by atoms with Crippen molar-refractivity contribution in [3.63, 3.8) is 0 Å². The summed E-state index contributed by atoms with van der Waals surface area (Å²) in [5.41, 5.74) is 1.30. The zero-order valence-corrected chi connectivity index (χ0v) is 19.6. The Morgan fingerprint density at radius 1 is 1.03 bits per heavy atom. The van der Waals surface area contributed by atoms with E-state index in [2.05, 4.69) is 15.7 Å². The maximum absolute atomic E-state index is 5.55. The monoisotopic (exact) mass is 461 g/mol. The van der Waals surface area contributed by atoms with E-state index in [0.717, 1.165) is 24.2 Å². The SMILES string of the molecule is Cn1cc2c(nc(NC(=NC3CCCCC3)NC3CCCCC3)n3nc(-c4ccco4)nc23)n1. The van der Waals surface area contributed by atoms with E-state index in [1.807, 2.05) is 25.4 Å². The van der Waals surface area contributed by atoms with Gasteiger partial charge in [0.15, 0.2) is 23.0 Å². The van der Waals surface area contributed by atoms with Crippen LogP contribution in [0.5, 0.6) is 0 Å². The van der Waals surface area contributed by atoms with Gasteiger partial charge in [0.05, 0.1) is 17.7 Å². The van der Waals surface area contributed by atoms with Gasteiger partial charge in [-0.2, -0.15) is 14.6 Å². The molecule has 178 valence electrons. The van der Waals surface area contributed by atoms with E-state index in [-0.39, 0.29) is 0 Å². The van der Waals surface area contributed by atoms with Gasteiger partial charge in [-0.15, -0.1) is 5.10 Å². The van der Waals surface area contributed by atoms with Gasteiger partial charge in [-0.1, -0.05) is 38.5 Å². The molecule has 0 aromatic carbocycles. The first kappa shape index (κ1) is 21.1. The highest BCUT2D eigenvalue weighted by Crippen LogP contribution is 2.25. The Morgan fingerprint density at radius 2 is 1.82 bits per heavy atom. The van der Waals surface area contributed by atoms with Crippen LogP contribution < -0.4 is 10.6 Å². The van der Waals surface area contributed by atoms with Gasteiger partial charge in [-0.05, 0) is 37.8 Å². The molecule has 4 aromatic rings. The van der Waals surface area contributed by atoms with Crippen LogP contribution in [0, 0.1) is 0 Å². The minimum Gasteiger partial charge on any atom is -0.461 e. The van der Waals surface area contributed by atoms with Gasteiger partial charge in [0, 0.05) is 19.3 Å². The Hall–Kier alpha value is -3.43. The first-order valence-corrected chi connectivity index (χ1v) is 12.5. The molecule has 0 saturated heterocycles. The van der Waals surface area contributed by atoms with Gasteiger partial charge in [0.2, 0.25) is 11.8 Å². The van der Waals surface area contributed by atoms with Gasteiger partial charge >= 0.3 is 0 Å². The fourth-order valence-corrected chi connectivity index (χ4v) is 5.13. The van der Waals surface area contributed by atoms with Gasteiger partial charge in [0.25, 0.3) is 0 Å². The van der Waals surface area contributed by atoms with Crippen molar-refractivity contribution >= 4 is 28.6 Å². The molecule has 10 heteroatoms. The van der Waals surface area contributed by atoms with Gasteiger partial charge < -0.3 is 9.73 Å². The smallest absolute Gasteiger partial charge is 0.234 e. The summed E-state index contributed by atoms with van der Waals surface area (Å²) in [5.74, 6) is 2.45. The fraction of sp³-hybridized carbons (Fsp3) is 0.542. The molecule has 2 saturated carbocycles. The lowest BCUT2D eigenvalue weighted by Crippen LogP contribution is -2.41. The summed E-state index contributed by atoms with van der Waals surface area (Å²) in [7, 11) is 1.88. The second-order valence-electron chi connectivity index (χ2n) is 9.50. The Morgan fingerprint density at radius 3 is 2.59 bits per heavy atom. The maximum Gasteiger partial charge on any atom is 0.234 e. The van der Waals surface area contributed by atoms with E-state index >= 15 is 0 Å². The first-order valence-electron chi connectivity index (χ1n) is 12.5. The molecule has 0 radical (unpaired) electrons. The summed E-state index contributed by atoms with van der Waals surface area (Å²) < 4.78 is 9.04. The molecule has 4 heterocycles. The van der Waals surface area contributed by atoms with Crippen LogP contribution in [0.4, 0.5) is 5.95 Å². The molecule has 0 aliphatic heterocycles. The lowest BCUT2D eigenvalue weighted by atomic mass is 9.95. The van der Waals surface area contributed by atoms with Crippen molar-refractivity contribution in [1.29, 1.82) is 0 Å². The van der Waals surface area contributed by atoms with Crippen molar-refractivity contribution in [2.75, 3.05) is 5.32 Å². The number of anilines is 1. The van der Waals surface area contributed by atoms with Crippen LogP contribution in [-0.4, -0.2) is 47.4 Å². The predicted octanol–water partition coefficient (Wildman–Crippen LogP) is 4.29. The summed E-state index contributed by atoms with van der Waals surface area (Å²) in [6.45, 7) is 0. The second-order valence-corrected chi connectivity index (χ2v) is 9.50. The number of aryl methyl sites for hydroxylation is 1. The van der Waals surface area contributed by atoms with Crippen molar-refractivity contribution in [3.8, 4) is 11.6 Å². The number of fused-ring (bicyclic) bond motifs is 3. The van der Waals surface area contributed by atoms with Crippen molar-refractivity contribution in [2.24, 2.45) is 12.0 Å². The number of aliphatic imine (C=N–C) groups is 1. The average Bonchev–Trinajstić information content (AvgIpc) is 3.59. The molecule has 4 aromatic heterocycles. The standard InChI is InChI=1S/C24H31N9O/c1-32-15-18-20(30-32)28-24(33-22(18)27-21(31-33)19-13-8-14-34-19)29-23(25-16-9-4-2-5-10-16)26-17-11-6-3-7-12-17/h8,13-17H,2-7,9-12H2,1H3,(H2,25,26,28,29,30). The quantitative estimate of drug-likeness (QED) is 0.344. The molecule has 2 N–H and O–H groups in total. The van der Waals surface area contributed by atoms with Crippen LogP contribution in [0.2, 0.25) is 0 Å². The van der Waals surface area contributed by atoms with Crippen molar-refractivity contribution in [1.82, 2.24) is 34.7 Å². The first-order chi connectivity index (χ1) is 16.7. The number of hydrogen-bond acceptors (Lipinski definition) is 6. The third-order valence-electron chi connectivity index (χ3n) is 6.87. The average molecular weight is 462 g/mol. The minimum atomic E-state index is 0.329. The molecular weight excluding hydrogens is 430 g/mol. The molecule has 0 bridgehead atoms. The third kappa shape index (κ3) is 4.24. The predicted molar refractivity (Wildman–Crippen MR) is 131 cm³/mol. The van der Waals surface area contributed by atoms with Crippen molar-refractivity contribution in [3.05, 3.63) is 24.6 Å². The summed E-state index contributed by atoms with van der Waals surface area (Å²) in [6.07, 6.45) is 15.7. The minimum absolute atomic E-state index is 0.329. The Labute approximate surface area is 197 Å². The van der Waals surface area contributed by atoms with E-state index in [1.165, 1.54) is 51.4 Å². The molecule has 2 aliphatic rings. The summed E-state index contributed by atoms with van der Waals surface area (Å²) in [6, 6.07) is 4.44. The molecule has 10 nitrogen and oxygen atoms in total. The van der Waals surface area contributed by atoms with Gasteiger partial charge in [0.1, 0.15) is 0 Å². The Balaban J connectivity index is 1.40. The lowest BCUT2D eigenvalue weighted by molar-refractivity contribution is 0.408. The molecule has 34 heavy (non-hydrogen) atoms. The van der Waals surface area contributed by atoms with Crippen LogP contribution in [0.15, 0.2) is 34.0 Å². The number of hydrogen-bond donors (Lipinski definition) is 2. The summed E-state index contributed by atoms with van der Waals surface area (Å²) >= 11 is 0. The van der Waals surface area contributed by atoms with Crippen LogP contribution in [0.25, 0.3) is 28.3 Å². The van der Waals surface area contributed by atoms with Crippen LogP contribution >= 0.6 is 0 Å². The van der Waals surface area contributed by atoms with Crippen LogP contribution in [0.3, 0.4) is 0 Å². The lowest BCUT2D eigenvalue weighted by Gasteiger charge is -2.26. The molecule has 6 rings (SSSR count). The van der Waals surface area contributed by atoms with Crippen LogP contribution in [0.1, 0.15) is 64.2 Å². The van der Waals surface area contributed by atoms with Crippen molar-refractivity contribution < 1.29 is 4.42 Å². The molecule has 0 spiro atoms. The zero-order valence-electron chi connectivity index (χ0n) is 19.6. The highest BCUT2D eigenvalue weighted by molar-refractivity contribution is 5.96. The Kier molecular flexibility index (Phi) is 5.64. The molecular formula is C24H31N9O. The highest BCUT2D eigenvalue weighted by Gasteiger charge is 2.22. The molecule has 2 fully saturated rings. The second kappa shape index (κ2) is 9.08. The summed E-state index contributed by atoms with van der Waals surface area (Å²) in [5, 5.41) is 17.3. The normalized spacial score (nSPS) is 18.7. The van der Waals surface area contributed by atoms with E-state index in [9.17, 15) is 0 Å². The topological polar surface area (TPSA) is 110 Å². The van der Waals surface area contributed by atoms with E-state index < -0.39 is 0 Å². The number of nitrogens with zero attached hydrogens (tertiary/aromatic N) is 7. The molecule has 0 unspecified atom stereocenters. The number of guanidine groups is 1. The molecule has 0 atom stereocenters. The number of rotatable bonds is 4. The maximum atomic E-state index is 5.55. The number of furan rings is 1. The number of nitrogens with one attached hydrogen (secondary N) is 2. The van der Waals surface area contributed by atoms with E-state index in [1.54, 1.807) is 15.5 Å². The Bertz CT molecular complexity index is 1290. The van der Waals surface area contributed by atoms with E-state index in [0.29, 0.717) is 40.9 Å². The zero-order chi connectivity index (χ0) is 22.9. The van der Waals surface area contributed by atoms with Gasteiger partial charge in [-0.25, -0.2) is 9.98 Å². The molecule has 0 amide bonds. The molecule has 2 aliphatic carbocycles. The van der Waals surface area contributed by atoms with Crippen molar-refractivity contribution in [2.45, 2.75) is 76.3 Å². The fourth-order valence-electron chi connectivity index (χ4n) is 5.13. The third-order valence-corrected chi connectivity index (χ3v) is 6.87. The van der Waals surface area contributed by atoms with E-state index in [4.69, 9.17) is 24.5 Å².